The Labute approximate surface area is 124 Å². The fourth-order valence-electron chi connectivity index (χ4n) is 2.03. The summed E-state index contributed by atoms with van der Waals surface area (Å²) in [5.74, 6) is -0.282. The molecule has 2 amide bonds. The zero-order chi connectivity index (χ0) is 15.8. The highest BCUT2D eigenvalue weighted by molar-refractivity contribution is 5.80. The zero-order valence-corrected chi connectivity index (χ0v) is 12.7. The molecule has 1 aromatic rings. The number of rotatable bonds is 7. The van der Waals surface area contributed by atoms with Crippen LogP contribution in [-0.2, 0) is 11.3 Å². The highest BCUT2D eigenvalue weighted by atomic mass is 16.5. The van der Waals surface area contributed by atoms with E-state index in [-0.39, 0.29) is 12.6 Å². The second-order valence-corrected chi connectivity index (χ2v) is 4.81. The monoisotopic (exact) mass is 294 g/mol. The van der Waals surface area contributed by atoms with Crippen LogP contribution in [0.15, 0.2) is 24.3 Å². The predicted octanol–water partition coefficient (Wildman–Crippen LogP) is 2.04. The number of carbonyl (C=O) groups excluding carboxylic acids is 1. The first-order chi connectivity index (χ1) is 9.97. The van der Waals surface area contributed by atoms with E-state index in [1.165, 1.54) is 9.80 Å². The molecule has 0 radical (unpaired) electrons. The van der Waals surface area contributed by atoms with Gasteiger partial charge in [-0.3, -0.25) is 4.79 Å². The molecule has 0 spiro atoms. The summed E-state index contributed by atoms with van der Waals surface area (Å²) in [5, 5.41) is 8.87. The average Bonchev–Trinajstić information content (AvgIpc) is 2.45. The van der Waals surface area contributed by atoms with Crippen molar-refractivity contribution in [2.45, 2.75) is 19.9 Å². The van der Waals surface area contributed by atoms with E-state index in [1.807, 2.05) is 31.2 Å². The first-order valence-corrected chi connectivity index (χ1v) is 6.82. The van der Waals surface area contributed by atoms with Crippen LogP contribution in [-0.4, -0.2) is 54.2 Å². The van der Waals surface area contributed by atoms with Crippen LogP contribution < -0.4 is 4.74 Å². The Morgan fingerprint density at radius 1 is 1.33 bits per heavy atom. The highest BCUT2D eigenvalue weighted by Gasteiger charge is 2.19. The Balaban J connectivity index is 2.72. The second kappa shape index (κ2) is 8.14. The van der Waals surface area contributed by atoms with Crippen LogP contribution in [0.3, 0.4) is 0 Å². The normalized spacial score (nSPS) is 10.0. The van der Waals surface area contributed by atoms with Crippen LogP contribution in [0.25, 0.3) is 0 Å². The lowest BCUT2D eigenvalue weighted by molar-refractivity contribution is -0.137. The summed E-state index contributed by atoms with van der Waals surface area (Å²) in [4.78, 5) is 26.0. The Kier molecular flexibility index (Phi) is 6.52. The summed E-state index contributed by atoms with van der Waals surface area (Å²) in [6.45, 7) is 2.45. The number of hydrogen-bond donors (Lipinski definition) is 1. The number of carboxylic acid groups (broad SMARTS) is 1. The molecule has 0 aliphatic rings. The lowest BCUT2D eigenvalue weighted by Gasteiger charge is -2.26. The number of methoxy groups -OCH3 is 1. The van der Waals surface area contributed by atoms with Gasteiger partial charge in [-0.1, -0.05) is 19.1 Å². The van der Waals surface area contributed by atoms with Crippen molar-refractivity contribution in [3.05, 3.63) is 29.8 Å². The quantitative estimate of drug-likeness (QED) is 0.835. The van der Waals surface area contributed by atoms with Crippen molar-refractivity contribution in [3.8, 4) is 5.75 Å². The Bertz CT molecular complexity index is 490. The third kappa shape index (κ3) is 5.33. The SMILES string of the molecule is CCCN(CC(=O)O)C(=O)N(C)Cc1cccc(OC)c1. The number of benzene rings is 1. The van der Waals surface area contributed by atoms with Crippen molar-refractivity contribution < 1.29 is 19.4 Å². The average molecular weight is 294 g/mol. The molecule has 0 saturated carbocycles. The molecule has 0 fully saturated rings. The lowest BCUT2D eigenvalue weighted by atomic mass is 10.2. The van der Waals surface area contributed by atoms with Gasteiger partial charge < -0.3 is 19.6 Å². The van der Waals surface area contributed by atoms with E-state index in [0.717, 1.165) is 11.3 Å². The number of carbonyl (C=O) groups is 2. The minimum atomic E-state index is -1.01. The van der Waals surface area contributed by atoms with Crippen molar-refractivity contribution in [3.63, 3.8) is 0 Å². The highest BCUT2D eigenvalue weighted by Crippen LogP contribution is 2.14. The first kappa shape index (κ1) is 16.8. The van der Waals surface area contributed by atoms with E-state index in [0.29, 0.717) is 19.5 Å². The minimum absolute atomic E-state index is 0.283. The predicted molar refractivity (Wildman–Crippen MR) is 79.4 cm³/mol. The Hall–Kier alpha value is -2.24. The van der Waals surface area contributed by atoms with Gasteiger partial charge in [-0.25, -0.2) is 4.79 Å². The molecule has 6 heteroatoms. The molecule has 0 aromatic heterocycles. The van der Waals surface area contributed by atoms with E-state index in [1.54, 1.807) is 14.2 Å². The van der Waals surface area contributed by atoms with Gasteiger partial charge in [0.25, 0.3) is 0 Å². The van der Waals surface area contributed by atoms with Crippen LogP contribution in [0.4, 0.5) is 4.79 Å². The maximum absolute atomic E-state index is 12.3. The number of urea groups is 1. The maximum atomic E-state index is 12.3. The molecular weight excluding hydrogens is 272 g/mol. The minimum Gasteiger partial charge on any atom is -0.497 e. The molecule has 0 unspecified atom stereocenters. The molecular formula is C15H22N2O4. The van der Waals surface area contributed by atoms with Gasteiger partial charge in [0.1, 0.15) is 12.3 Å². The Morgan fingerprint density at radius 2 is 2.05 bits per heavy atom. The molecule has 0 heterocycles. The van der Waals surface area contributed by atoms with Crippen LogP contribution in [0.5, 0.6) is 5.75 Å². The number of hydrogen-bond acceptors (Lipinski definition) is 3. The van der Waals surface area contributed by atoms with Gasteiger partial charge in [0.2, 0.25) is 0 Å². The number of ether oxygens (including phenoxy) is 1. The van der Waals surface area contributed by atoms with Gasteiger partial charge in [-0.05, 0) is 24.1 Å². The fourth-order valence-corrected chi connectivity index (χ4v) is 2.03. The molecule has 1 aromatic carbocycles. The lowest BCUT2D eigenvalue weighted by Crippen LogP contribution is -2.43. The molecule has 0 aliphatic heterocycles. The van der Waals surface area contributed by atoms with Gasteiger partial charge in [0.05, 0.1) is 7.11 Å². The van der Waals surface area contributed by atoms with Gasteiger partial charge in [-0.15, -0.1) is 0 Å². The molecule has 0 atom stereocenters. The van der Waals surface area contributed by atoms with Gasteiger partial charge >= 0.3 is 12.0 Å². The Morgan fingerprint density at radius 3 is 2.62 bits per heavy atom. The van der Waals surface area contributed by atoms with Crippen LogP contribution in [0, 0.1) is 0 Å². The summed E-state index contributed by atoms with van der Waals surface area (Å²) in [5.41, 5.74) is 0.928. The van der Waals surface area contributed by atoms with Crippen molar-refractivity contribution >= 4 is 12.0 Å². The van der Waals surface area contributed by atoms with Crippen molar-refractivity contribution in [2.24, 2.45) is 0 Å². The summed E-state index contributed by atoms with van der Waals surface area (Å²) >= 11 is 0. The molecule has 116 valence electrons. The number of carboxylic acids is 1. The third-order valence-electron chi connectivity index (χ3n) is 2.97. The summed E-state index contributed by atoms with van der Waals surface area (Å²) < 4.78 is 5.14. The summed E-state index contributed by atoms with van der Waals surface area (Å²) in [6.07, 6.45) is 0.714. The number of aliphatic carboxylic acids is 1. The van der Waals surface area contributed by atoms with Gasteiger partial charge in [0.15, 0.2) is 0 Å². The molecule has 1 rings (SSSR count). The van der Waals surface area contributed by atoms with Gasteiger partial charge in [-0.2, -0.15) is 0 Å². The van der Waals surface area contributed by atoms with E-state index < -0.39 is 5.97 Å². The van der Waals surface area contributed by atoms with E-state index in [4.69, 9.17) is 9.84 Å². The van der Waals surface area contributed by atoms with E-state index in [9.17, 15) is 9.59 Å². The fraction of sp³-hybridized carbons (Fsp3) is 0.467. The topological polar surface area (TPSA) is 70.1 Å². The molecule has 0 bridgehead atoms. The third-order valence-corrected chi connectivity index (χ3v) is 2.97. The molecule has 0 saturated heterocycles. The number of nitrogens with zero attached hydrogens (tertiary/aromatic N) is 2. The molecule has 21 heavy (non-hydrogen) atoms. The summed E-state index contributed by atoms with van der Waals surface area (Å²) in [6, 6.07) is 7.15. The van der Waals surface area contributed by atoms with Crippen LogP contribution >= 0.6 is 0 Å². The van der Waals surface area contributed by atoms with E-state index in [2.05, 4.69) is 0 Å². The smallest absolute Gasteiger partial charge is 0.323 e. The maximum Gasteiger partial charge on any atom is 0.323 e. The molecule has 0 aliphatic carbocycles. The van der Waals surface area contributed by atoms with Crippen molar-refractivity contribution in [1.82, 2.24) is 9.80 Å². The van der Waals surface area contributed by atoms with Gasteiger partial charge in [0, 0.05) is 20.1 Å². The summed E-state index contributed by atoms with van der Waals surface area (Å²) in [7, 11) is 3.25. The van der Waals surface area contributed by atoms with E-state index >= 15 is 0 Å². The first-order valence-electron chi connectivity index (χ1n) is 6.82. The van der Waals surface area contributed by atoms with Crippen LogP contribution in [0.1, 0.15) is 18.9 Å². The van der Waals surface area contributed by atoms with Crippen molar-refractivity contribution in [2.75, 3.05) is 27.2 Å². The number of amides is 2. The zero-order valence-electron chi connectivity index (χ0n) is 12.7. The standard InChI is InChI=1S/C15H22N2O4/c1-4-8-17(11-14(18)19)15(20)16(2)10-12-6-5-7-13(9-12)21-3/h5-7,9H,4,8,10-11H2,1-3H3,(H,18,19). The molecule has 1 N–H and O–H groups in total. The molecule has 6 nitrogen and oxygen atoms in total. The van der Waals surface area contributed by atoms with Crippen molar-refractivity contribution in [1.29, 1.82) is 0 Å². The van der Waals surface area contributed by atoms with Crippen LogP contribution in [0.2, 0.25) is 0 Å². The largest absolute Gasteiger partial charge is 0.497 e. The second-order valence-electron chi connectivity index (χ2n) is 4.81.